The number of carbonyl (C=O) groups excluding carboxylic acids is 2. The number of esters is 2. The van der Waals surface area contributed by atoms with Crippen LogP contribution in [-0.2, 0) is 25.5 Å². The molecule has 0 fully saturated rings. The van der Waals surface area contributed by atoms with Crippen LogP contribution in [0.2, 0.25) is 0 Å². The molecule has 0 saturated heterocycles. The summed E-state index contributed by atoms with van der Waals surface area (Å²) in [5.41, 5.74) is 4.47. The minimum Gasteiger partial charge on any atom is -0.472 e. The van der Waals surface area contributed by atoms with E-state index in [4.69, 9.17) is 13.9 Å². The fourth-order valence-corrected chi connectivity index (χ4v) is 6.15. The van der Waals surface area contributed by atoms with E-state index in [9.17, 15) is 9.59 Å². The van der Waals surface area contributed by atoms with Crippen molar-refractivity contribution in [3.63, 3.8) is 0 Å². The van der Waals surface area contributed by atoms with Crippen LogP contribution in [0.5, 0.6) is 0 Å². The predicted octanol–water partition coefficient (Wildman–Crippen LogP) is 12.7. The number of cyclic esters (lactones) is 1. The number of carbonyl (C=O) groups is 2. The Morgan fingerprint density at radius 3 is 2.19 bits per heavy atom. The van der Waals surface area contributed by atoms with Crippen LogP contribution in [0.15, 0.2) is 69.5 Å². The molecule has 1 aromatic rings. The molecule has 2 heterocycles. The monoisotopic (exact) mass is 650 g/mol. The first-order valence-corrected chi connectivity index (χ1v) is 18.9. The van der Waals surface area contributed by atoms with Crippen LogP contribution < -0.4 is 0 Å². The summed E-state index contributed by atoms with van der Waals surface area (Å²) in [4.78, 5) is 24.9. The Hall–Kier alpha value is -2.82. The molecule has 1 aliphatic heterocycles. The minimum absolute atomic E-state index is 0.203. The highest BCUT2D eigenvalue weighted by molar-refractivity contribution is 5.94. The number of rotatable bonds is 26. The fourth-order valence-electron chi connectivity index (χ4n) is 6.15. The molecule has 0 aliphatic carbocycles. The van der Waals surface area contributed by atoms with Crippen molar-refractivity contribution in [3.8, 4) is 0 Å². The number of unbranched alkanes of at least 4 members (excludes halogenated alkanes) is 8. The van der Waals surface area contributed by atoms with E-state index in [1.54, 1.807) is 13.2 Å². The Morgan fingerprint density at radius 1 is 0.830 bits per heavy atom. The van der Waals surface area contributed by atoms with E-state index in [0.717, 1.165) is 70.1 Å². The van der Waals surface area contributed by atoms with Crippen LogP contribution in [0.25, 0.3) is 0 Å². The lowest BCUT2D eigenvalue weighted by Gasteiger charge is -2.11. The maximum Gasteiger partial charge on any atom is 0.343 e. The summed E-state index contributed by atoms with van der Waals surface area (Å²) in [5.74, 6) is 1.05. The SMILES string of the molecule is CCCCCCC(C)CCCCCCCCC(=O)OC1=C(C)C(=O)O/C1=C\[C@@H](C)CCC/C(C)=C/CC/C(C)=C/CCc1ccoc1. The third kappa shape index (κ3) is 18.3. The van der Waals surface area contributed by atoms with Crippen LogP contribution in [0, 0.1) is 11.8 Å². The third-order valence-corrected chi connectivity index (χ3v) is 9.37. The van der Waals surface area contributed by atoms with Crippen molar-refractivity contribution in [1.29, 1.82) is 0 Å². The van der Waals surface area contributed by atoms with Crippen LogP contribution in [0.3, 0.4) is 0 Å². The molecule has 5 nitrogen and oxygen atoms in total. The molecule has 1 aliphatic rings. The Balaban J connectivity index is 1.61. The maximum absolute atomic E-state index is 12.6. The van der Waals surface area contributed by atoms with Crippen molar-refractivity contribution >= 4 is 11.9 Å². The summed E-state index contributed by atoms with van der Waals surface area (Å²) in [6, 6.07) is 2.03. The lowest BCUT2D eigenvalue weighted by molar-refractivity contribution is -0.140. The average molecular weight is 651 g/mol. The summed E-state index contributed by atoms with van der Waals surface area (Å²) in [6.45, 7) is 12.9. The summed E-state index contributed by atoms with van der Waals surface area (Å²) in [7, 11) is 0. The van der Waals surface area contributed by atoms with Gasteiger partial charge in [-0.1, -0.05) is 115 Å². The van der Waals surface area contributed by atoms with E-state index in [1.165, 1.54) is 74.5 Å². The molecule has 1 aromatic heterocycles. The fraction of sp³-hybridized carbons (Fsp3) is 0.667. The molecule has 2 rings (SSSR count). The second-order valence-corrected chi connectivity index (χ2v) is 14.1. The van der Waals surface area contributed by atoms with Gasteiger partial charge in [-0.15, -0.1) is 0 Å². The van der Waals surface area contributed by atoms with Crippen molar-refractivity contribution in [2.45, 2.75) is 170 Å². The Morgan fingerprint density at radius 2 is 1.49 bits per heavy atom. The molecule has 0 spiro atoms. The van der Waals surface area contributed by atoms with E-state index >= 15 is 0 Å². The van der Waals surface area contributed by atoms with Gasteiger partial charge in [0.1, 0.15) is 0 Å². The van der Waals surface area contributed by atoms with E-state index in [2.05, 4.69) is 46.8 Å². The van der Waals surface area contributed by atoms with Gasteiger partial charge in [-0.3, -0.25) is 4.79 Å². The average Bonchev–Trinajstić information content (AvgIpc) is 3.64. The van der Waals surface area contributed by atoms with Gasteiger partial charge in [-0.05, 0) is 102 Å². The zero-order valence-electron chi connectivity index (χ0n) is 30.8. The van der Waals surface area contributed by atoms with Gasteiger partial charge < -0.3 is 13.9 Å². The number of allylic oxidation sites excluding steroid dienone is 5. The quantitative estimate of drug-likeness (QED) is 0.0567. The normalized spacial score (nSPS) is 16.2. The van der Waals surface area contributed by atoms with Gasteiger partial charge in [-0.2, -0.15) is 0 Å². The lowest BCUT2D eigenvalue weighted by atomic mass is 9.96. The first kappa shape index (κ1) is 40.4. The van der Waals surface area contributed by atoms with E-state index in [-0.39, 0.29) is 11.9 Å². The van der Waals surface area contributed by atoms with Crippen molar-refractivity contribution in [2.24, 2.45) is 11.8 Å². The summed E-state index contributed by atoms with van der Waals surface area (Å²) < 4.78 is 16.3. The van der Waals surface area contributed by atoms with Gasteiger partial charge in [0, 0.05) is 6.42 Å². The Labute approximate surface area is 287 Å². The van der Waals surface area contributed by atoms with Crippen molar-refractivity contribution in [2.75, 3.05) is 0 Å². The second kappa shape index (κ2) is 24.3. The number of furan rings is 1. The highest BCUT2D eigenvalue weighted by Crippen LogP contribution is 2.30. The lowest BCUT2D eigenvalue weighted by Crippen LogP contribution is -2.06. The van der Waals surface area contributed by atoms with Crippen LogP contribution >= 0.6 is 0 Å². The molecule has 1 unspecified atom stereocenters. The molecule has 0 bridgehead atoms. The summed E-state index contributed by atoms with van der Waals surface area (Å²) in [6.07, 6.45) is 32.8. The zero-order valence-corrected chi connectivity index (χ0v) is 30.8. The van der Waals surface area contributed by atoms with Crippen LogP contribution in [0.1, 0.15) is 169 Å². The number of hydrogen-bond donors (Lipinski definition) is 0. The smallest absolute Gasteiger partial charge is 0.343 e. The summed E-state index contributed by atoms with van der Waals surface area (Å²) in [5, 5.41) is 0. The van der Waals surface area contributed by atoms with E-state index in [0.29, 0.717) is 23.5 Å². The standard InChI is InChI=1S/C42H66O5/c1-7-8-9-14-20-33(2)21-15-12-10-11-13-16-28-40(43)47-41-37(6)42(44)46-39(41)31-36(5)26-18-24-34(3)22-17-23-35(4)25-19-27-38-29-30-45-32-38/h22,25,29-33,36H,7-21,23-24,26-28H2,1-6H3/b34-22+,35-25+,39-31-/t33?,36-/m0/s1. The molecule has 0 radical (unpaired) electrons. The number of aryl methyl sites for hydroxylation is 1. The Kier molecular flexibility index (Phi) is 20.9. The molecule has 0 aromatic carbocycles. The minimum atomic E-state index is -0.425. The third-order valence-electron chi connectivity index (χ3n) is 9.37. The largest absolute Gasteiger partial charge is 0.472 e. The highest BCUT2D eigenvalue weighted by atomic mass is 16.6. The molecule has 5 heteroatoms. The van der Waals surface area contributed by atoms with E-state index in [1.807, 2.05) is 18.4 Å². The van der Waals surface area contributed by atoms with Crippen molar-refractivity contribution in [3.05, 3.63) is 70.6 Å². The van der Waals surface area contributed by atoms with Gasteiger partial charge in [0.05, 0.1) is 18.1 Å². The highest BCUT2D eigenvalue weighted by Gasteiger charge is 2.30. The van der Waals surface area contributed by atoms with Gasteiger partial charge in [-0.25, -0.2) is 4.79 Å². The van der Waals surface area contributed by atoms with Gasteiger partial charge in [0.25, 0.3) is 0 Å². The van der Waals surface area contributed by atoms with Crippen LogP contribution in [-0.4, -0.2) is 11.9 Å². The van der Waals surface area contributed by atoms with Crippen molar-refractivity contribution in [1.82, 2.24) is 0 Å². The topological polar surface area (TPSA) is 65.7 Å². The van der Waals surface area contributed by atoms with Gasteiger partial charge >= 0.3 is 11.9 Å². The first-order valence-electron chi connectivity index (χ1n) is 18.9. The van der Waals surface area contributed by atoms with Gasteiger partial charge in [0.15, 0.2) is 11.5 Å². The van der Waals surface area contributed by atoms with Crippen LogP contribution in [0.4, 0.5) is 0 Å². The van der Waals surface area contributed by atoms with E-state index < -0.39 is 5.97 Å². The Bertz CT molecular complexity index is 1150. The molecule has 47 heavy (non-hydrogen) atoms. The predicted molar refractivity (Wildman–Crippen MR) is 195 cm³/mol. The molecule has 0 saturated carbocycles. The molecular weight excluding hydrogens is 584 g/mol. The molecule has 0 N–H and O–H groups in total. The zero-order chi connectivity index (χ0) is 34.3. The first-order chi connectivity index (χ1) is 22.7. The maximum atomic E-state index is 12.6. The van der Waals surface area contributed by atoms with Crippen molar-refractivity contribution < 1.29 is 23.5 Å². The molecule has 264 valence electrons. The summed E-state index contributed by atoms with van der Waals surface area (Å²) >= 11 is 0. The molecule has 2 atom stereocenters. The molecular formula is C42H66O5. The molecule has 0 amide bonds. The van der Waals surface area contributed by atoms with Gasteiger partial charge in [0.2, 0.25) is 0 Å². The number of hydrogen-bond acceptors (Lipinski definition) is 5. The number of ether oxygens (including phenoxy) is 2. The second-order valence-electron chi connectivity index (χ2n) is 14.1.